The molecular formula is C11H13N5OS. The second-order valence-corrected chi connectivity index (χ2v) is 5.32. The van der Waals surface area contributed by atoms with E-state index in [0.29, 0.717) is 10.9 Å². The molecule has 0 aromatic carbocycles. The molecule has 2 aromatic rings. The molecular weight excluding hydrogens is 250 g/mol. The molecule has 1 saturated heterocycles. The van der Waals surface area contributed by atoms with Gasteiger partial charge >= 0.3 is 0 Å². The van der Waals surface area contributed by atoms with Gasteiger partial charge in [0, 0.05) is 18.9 Å². The molecule has 0 unspecified atom stereocenters. The first-order valence-electron chi connectivity index (χ1n) is 5.95. The van der Waals surface area contributed by atoms with Crippen molar-refractivity contribution < 1.29 is 4.79 Å². The summed E-state index contributed by atoms with van der Waals surface area (Å²) in [5.41, 5.74) is 0. The van der Waals surface area contributed by atoms with Gasteiger partial charge in [-0.1, -0.05) is 18.2 Å². The van der Waals surface area contributed by atoms with E-state index in [-0.39, 0.29) is 11.2 Å². The van der Waals surface area contributed by atoms with Gasteiger partial charge in [0.25, 0.3) is 5.78 Å². The Morgan fingerprint density at radius 3 is 3.28 bits per heavy atom. The molecule has 1 N–H and O–H groups in total. The van der Waals surface area contributed by atoms with E-state index < -0.39 is 0 Å². The van der Waals surface area contributed by atoms with Crippen LogP contribution in [0.2, 0.25) is 0 Å². The third-order valence-electron chi connectivity index (χ3n) is 2.83. The molecule has 3 heterocycles. The van der Waals surface area contributed by atoms with Crippen LogP contribution >= 0.6 is 11.8 Å². The SMILES string of the molecule is O=C1NCCCC[C@@H]1Sc1nc2ncccn2n1. The molecule has 1 fully saturated rings. The van der Waals surface area contributed by atoms with Crippen LogP contribution < -0.4 is 5.32 Å². The lowest BCUT2D eigenvalue weighted by Crippen LogP contribution is -2.30. The van der Waals surface area contributed by atoms with Crippen molar-refractivity contribution >= 4 is 23.4 Å². The molecule has 1 atom stereocenters. The van der Waals surface area contributed by atoms with Crippen molar-refractivity contribution in [2.75, 3.05) is 6.54 Å². The second-order valence-electron chi connectivity index (χ2n) is 4.15. The average Bonchev–Trinajstić information content (AvgIpc) is 2.68. The summed E-state index contributed by atoms with van der Waals surface area (Å²) in [5, 5.41) is 7.72. The van der Waals surface area contributed by atoms with E-state index in [1.165, 1.54) is 11.8 Å². The van der Waals surface area contributed by atoms with Crippen LogP contribution in [-0.4, -0.2) is 37.3 Å². The van der Waals surface area contributed by atoms with Gasteiger partial charge in [0.15, 0.2) is 0 Å². The predicted octanol–water partition coefficient (Wildman–Crippen LogP) is 0.885. The maximum absolute atomic E-state index is 11.8. The summed E-state index contributed by atoms with van der Waals surface area (Å²) < 4.78 is 1.62. The number of nitrogens with zero attached hydrogens (tertiary/aromatic N) is 4. The Kier molecular flexibility index (Phi) is 3.14. The van der Waals surface area contributed by atoms with Crippen molar-refractivity contribution in [3.63, 3.8) is 0 Å². The number of hydrogen-bond donors (Lipinski definition) is 1. The molecule has 0 saturated carbocycles. The summed E-state index contributed by atoms with van der Waals surface area (Å²) in [6.07, 6.45) is 6.45. The average molecular weight is 263 g/mol. The molecule has 18 heavy (non-hydrogen) atoms. The van der Waals surface area contributed by atoms with Crippen molar-refractivity contribution in [2.45, 2.75) is 29.7 Å². The first-order chi connectivity index (χ1) is 8.83. The Morgan fingerprint density at radius 2 is 2.39 bits per heavy atom. The molecule has 7 heteroatoms. The van der Waals surface area contributed by atoms with E-state index >= 15 is 0 Å². The van der Waals surface area contributed by atoms with Crippen molar-refractivity contribution in [1.29, 1.82) is 0 Å². The third-order valence-corrected chi connectivity index (χ3v) is 3.95. The van der Waals surface area contributed by atoms with Gasteiger partial charge in [-0.15, -0.1) is 5.10 Å². The van der Waals surface area contributed by atoms with Crippen molar-refractivity contribution in [2.24, 2.45) is 0 Å². The quantitative estimate of drug-likeness (QED) is 0.871. The molecule has 0 spiro atoms. The predicted molar refractivity (Wildman–Crippen MR) is 67.3 cm³/mol. The Morgan fingerprint density at radius 1 is 1.44 bits per heavy atom. The molecule has 0 radical (unpaired) electrons. The molecule has 2 aromatic heterocycles. The number of carbonyl (C=O) groups excluding carboxylic acids is 1. The van der Waals surface area contributed by atoms with Gasteiger partial charge in [-0.3, -0.25) is 4.79 Å². The van der Waals surface area contributed by atoms with Gasteiger partial charge in [0.2, 0.25) is 11.1 Å². The van der Waals surface area contributed by atoms with E-state index in [9.17, 15) is 4.79 Å². The summed E-state index contributed by atoms with van der Waals surface area (Å²) in [7, 11) is 0. The topological polar surface area (TPSA) is 72.2 Å². The Hall–Kier alpha value is -1.63. The van der Waals surface area contributed by atoms with Crippen molar-refractivity contribution in [3.05, 3.63) is 18.5 Å². The van der Waals surface area contributed by atoms with E-state index in [0.717, 1.165) is 25.8 Å². The maximum atomic E-state index is 11.8. The van der Waals surface area contributed by atoms with E-state index in [2.05, 4.69) is 20.4 Å². The molecule has 0 aliphatic carbocycles. The lowest BCUT2D eigenvalue weighted by Gasteiger charge is -2.09. The van der Waals surface area contributed by atoms with Gasteiger partial charge in [-0.05, 0) is 18.9 Å². The van der Waals surface area contributed by atoms with Gasteiger partial charge < -0.3 is 5.32 Å². The van der Waals surface area contributed by atoms with Crippen LogP contribution in [0.15, 0.2) is 23.6 Å². The highest BCUT2D eigenvalue weighted by atomic mass is 32.2. The minimum absolute atomic E-state index is 0.0873. The largest absolute Gasteiger partial charge is 0.355 e. The second kappa shape index (κ2) is 4.93. The van der Waals surface area contributed by atoms with Crippen LogP contribution in [-0.2, 0) is 4.79 Å². The summed E-state index contributed by atoms with van der Waals surface area (Å²) >= 11 is 1.42. The summed E-state index contributed by atoms with van der Waals surface area (Å²) in [6, 6.07) is 1.80. The van der Waals surface area contributed by atoms with Gasteiger partial charge in [0.05, 0.1) is 5.25 Å². The molecule has 1 aliphatic heterocycles. The first kappa shape index (κ1) is 11.5. The minimum atomic E-state index is -0.0927. The minimum Gasteiger partial charge on any atom is -0.355 e. The molecule has 1 aliphatic rings. The van der Waals surface area contributed by atoms with Crippen molar-refractivity contribution in [1.82, 2.24) is 24.9 Å². The summed E-state index contributed by atoms with van der Waals surface area (Å²) in [4.78, 5) is 20.2. The van der Waals surface area contributed by atoms with Crippen LogP contribution in [0.3, 0.4) is 0 Å². The molecule has 3 rings (SSSR count). The highest BCUT2D eigenvalue weighted by molar-refractivity contribution is 8.00. The highest BCUT2D eigenvalue weighted by Gasteiger charge is 2.23. The Bertz CT molecular complexity index is 536. The van der Waals surface area contributed by atoms with Crippen LogP contribution in [0.1, 0.15) is 19.3 Å². The fraction of sp³-hybridized carbons (Fsp3) is 0.455. The number of fused-ring (bicyclic) bond motifs is 1. The van der Waals surface area contributed by atoms with E-state index in [4.69, 9.17) is 0 Å². The number of rotatable bonds is 2. The number of hydrogen-bond acceptors (Lipinski definition) is 5. The molecule has 6 nitrogen and oxygen atoms in total. The molecule has 94 valence electrons. The smallest absolute Gasteiger partial charge is 0.253 e. The van der Waals surface area contributed by atoms with E-state index in [1.54, 1.807) is 23.0 Å². The lowest BCUT2D eigenvalue weighted by molar-refractivity contribution is -0.120. The summed E-state index contributed by atoms with van der Waals surface area (Å²) in [6.45, 7) is 0.774. The fourth-order valence-electron chi connectivity index (χ4n) is 1.91. The third kappa shape index (κ3) is 2.31. The lowest BCUT2D eigenvalue weighted by atomic mass is 10.2. The monoisotopic (exact) mass is 263 g/mol. The zero-order valence-corrected chi connectivity index (χ0v) is 10.6. The number of aromatic nitrogens is 4. The number of amides is 1. The zero-order valence-electron chi connectivity index (χ0n) is 9.74. The highest BCUT2D eigenvalue weighted by Crippen LogP contribution is 2.25. The zero-order chi connectivity index (χ0) is 12.4. The molecule has 1 amide bonds. The normalized spacial score (nSPS) is 20.7. The Labute approximate surface area is 108 Å². The number of nitrogens with one attached hydrogen (secondary N) is 1. The first-order valence-corrected chi connectivity index (χ1v) is 6.83. The number of thioether (sulfide) groups is 1. The van der Waals surface area contributed by atoms with Crippen LogP contribution in [0, 0.1) is 0 Å². The van der Waals surface area contributed by atoms with Crippen LogP contribution in [0.5, 0.6) is 0 Å². The standard InChI is InChI=1S/C11H13N5OS/c17-9-8(4-1-2-5-12-9)18-11-14-10-13-6-3-7-16(10)15-11/h3,6-8H,1-2,4-5H2,(H,12,17)/t8-/m0/s1. The van der Waals surface area contributed by atoms with Crippen molar-refractivity contribution in [3.8, 4) is 0 Å². The van der Waals surface area contributed by atoms with Gasteiger partial charge in [-0.25, -0.2) is 9.50 Å². The van der Waals surface area contributed by atoms with Crippen LogP contribution in [0.4, 0.5) is 0 Å². The van der Waals surface area contributed by atoms with Crippen LogP contribution in [0.25, 0.3) is 5.78 Å². The van der Waals surface area contributed by atoms with E-state index in [1.807, 2.05) is 0 Å². The van der Waals surface area contributed by atoms with Gasteiger partial charge in [0.1, 0.15) is 0 Å². The molecule has 0 bridgehead atoms. The fourth-order valence-corrected chi connectivity index (χ4v) is 2.91. The Balaban J connectivity index is 1.80. The van der Waals surface area contributed by atoms with Gasteiger partial charge in [-0.2, -0.15) is 4.98 Å². The maximum Gasteiger partial charge on any atom is 0.253 e. The summed E-state index contributed by atoms with van der Waals surface area (Å²) in [5.74, 6) is 0.651. The number of carbonyl (C=O) groups is 1.